The maximum atomic E-state index is 13.0. The van der Waals surface area contributed by atoms with Gasteiger partial charge in [-0.3, -0.25) is 4.79 Å². The van der Waals surface area contributed by atoms with Gasteiger partial charge in [-0.25, -0.2) is 22.9 Å². The summed E-state index contributed by atoms with van der Waals surface area (Å²) in [5, 5.41) is 2.47. The maximum absolute atomic E-state index is 13.0. The van der Waals surface area contributed by atoms with E-state index in [0.717, 1.165) is 0 Å². The third kappa shape index (κ3) is 8.39. The molecule has 2 rings (SSSR count). The summed E-state index contributed by atoms with van der Waals surface area (Å²) in [6.45, 7) is 8.77. The van der Waals surface area contributed by atoms with Crippen LogP contribution in [-0.4, -0.2) is 56.1 Å². The van der Waals surface area contributed by atoms with Crippen molar-refractivity contribution in [3.8, 4) is 11.3 Å². The molecule has 12 heteroatoms. The van der Waals surface area contributed by atoms with Crippen molar-refractivity contribution in [3.63, 3.8) is 0 Å². The first-order valence-corrected chi connectivity index (χ1v) is 12.5. The first-order valence-electron chi connectivity index (χ1n) is 11.1. The molecule has 11 nitrogen and oxygen atoms in total. The number of sulfonamides is 1. The number of alkyl carbamates (subject to hydrolysis) is 1. The summed E-state index contributed by atoms with van der Waals surface area (Å²) in [4.78, 5) is 35.0. The number of anilines is 2. The van der Waals surface area contributed by atoms with Crippen molar-refractivity contribution < 1.29 is 22.7 Å². The van der Waals surface area contributed by atoms with Crippen LogP contribution in [0.15, 0.2) is 35.2 Å². The molecule has 192 valence electrons. The average molecular weight is 507 g/mol. The second-order valence-electron chi connectivity index (χ2n) is 9.69. The Morgan fingerprint density at radius 2 is 1.80 bits per heavy atom. The second kappa shape index (κ2) is 10.9. The zero-order valence-corrected chi connectivity index (χ0v) is 21.9. The zero-order valence-electron chi connectivity index (χ0n) is 21.1. The lowest BCUT2D eigenvalue weighted by molar-refractivity contribution is -0.121. The first kappa shape index (κ1) is 27.8. The Balaban J connectivity index is 2.30. The lowest BCUT2D eigenvalue weighted by atomic mass is 10.0. The number of carbonyl (C=O) groups excluding carboxylic acids is 2. The number of nitrogens with one attached hydrogen (secondary N) is 2. The molecule has 1 aromatic heterocycles. The SMILES string of the molecule is CC(C)C[C@H](NC(=O)OC(C)(C)C)C(=O)NS(=O)(=O)c1cccc(-c2cc(N(C)C)nc(N)n2)c1. The van der Waals surface area contributed by atoms with E-state index >= 15 is 0 Å². The third-order valence-electron chi connectivity index (χ3n) is 4.58. The summed E-state index contributed by atoms with van der Waals surface area (Å²) in [6.07, 6.45) is -0.593. The molecule has 35 heavy (non-hydrogen) atoms. The van der Waals surface area contributed by atoms with Gasteiger partial charge in [0.1, 0.15) is 17.5 Å². The molecular formula is C23H34N6O5S. The van der Waals surface area contributed by atoms with Gasteiger partial charge in [0.2, 0.25) is 5.95 Å². The van der Waals surface area contributed by atoms with E-state index in [9.17, 15) is 18.0 Å². The number of nitrogens with zero attached hydrogens (tertiary/aromatic N) is 3. The molecule has 0 aliphatic rings. The van der Waals surface area contributed by atoms with E-state index in [-0.39, 0.29) is 23.2 Å². The Hall–Kier alpha value is -3.41. The van der Waals surface area contributed by atoms with E-state index in [1.54, 1.807) is 51.9 Å². The van der Waals surface area contributed by atoms with E-state index in [1.807, 2.05) is 13.8 Å². The molecule has 0 saturated heterocycles. The minimum Gasteiger partial charge on any atom is -0.444 e. The lowest BCUT2D eigenvalue weighted by Gasteiger charge is -2.24. The molecule has 0 radical (unpaired) electrons. The van der Waals surface area contributed by atoms with Crippen molar-refractivity contribution in [1.29, 1.82) is 0 Å². The summed E-state index contributed by atoms with van der Waals surface area (Å²) < 4.78 is 33.3. The number of rotatable bonds is 8. The maximum Gasteiger partial charge on any atom is 0.408 e. The predicted octanol–water partition coefficient (Wildman–Crippen LogP) is 2.54. The normalized spacial score (nSPS) is 12.7. The van der Waals surface area contributed by atoms with Crippen LogP contribution in [0.25, 0.3) is 11.3 Å². The lowest BCUT2D eigenvalue weighted by Crippen LogP contribution is -2.50. The zero-order chi connectivity index (χ0) is 26.6. The monoisotopic (exact) mass is 506 g/mol. The molecule has 1 atom stereocenters. The Kier molecular flexibility index (Phi) is 8.66. The second-order valence-corrected chi connectivity index (χ2v) is 11.4. The summed E-state index contributed by atoms with van der Waals surface area (Å²) in [5.41, 5.74) is 5.93. The fourth-order valence-electron chi connectivity index (χ4n) is 3.07. The minimum atomic E-state index is -4.26. The highest BCUT2D eigenvalue weighted by Crippen LogP contribution is 2.24. The van der Waals surface area contributed by atoms with Crippen LogP contribution in [0.5, 0.6) is 0 Å². The van der Waals surface area contributed by atoms with Gasteiger partial charge >= 0.3 is 6.09 Å². The molecule has 0 fully saturated rings. The van der Waals surface area contributed by atoms with Gasteiger partial charge in [0.15, 0.2) is 0 Å². The van der Waals surface area contributed by atoms with Gasteiger partial charge in [-0.05, 0) is 45.2 Å². The highest BCUT2D eigenvalue weighted by atomic mass is 32.2. The molecule has 0 unspecified atom stereocenters. The Morgan fingerprint density at radius 3 is 2.37 bits per heavy atom. The molecule has 1 aromatic carbocycles. The van der Waals surface area contributed by atoms with Crippen LogP contribution in [0.4, 0.5) is 16.6 Å². The molecule has 2 amide bonds. The van der Waals surface area contributed by atoms with Crippen LogP contribution >= 0.6 is 0 Å². The van der Waals surface area contributed by atoms with E-state index in [1.165, 1.54) is 18.2 Å². The fourth-order valence-corrected chi connectivity index (χ4v) is 4.13. The van der Waals surface area contributed by atoms with Crippen LogP contribution in [-0.2, 0) is 19.6 Å². The van der Waals surface area contributed by atoms with E-state index in [0.29, 0.717) is 17.1 Å². The Morgan fingerprint density at radius 1 is 1.14 bits per heavy atom. The van der Waals surface area contributed by atoms with Crippen molar-refractivity contribution in [2.24, 2.45) is 5.92 Å². The fraction of sp³-hybridized carbons (Fsp3) is 0.478. The van der Waals surface area contributed by atoms with Crippen LogP contribution in [0.1, 0.15) is 41.0 Å². The number of nitrogen functional groups attached to an aromatic ring is 1. The van der Waals surface area contributed by atoms with Crippen LogP contribution < -0.4 is 20.7 Å². The largest absolute Gasteiger partial charge is 0.444 e. The highest BCUT2D eigenvalue weighted by Gasteiger charge is 2.29. The Labute approximate surface area is 206 Å². The van der Waals surface area contributed by atoms with Gasteiger partial charge in [0, 0.05) is 25.7 Å². The molecule has 0 saturated carbocycles. The number of nitrogens with two attached hydrogens (primary N) is 1. The molecule has 4 N–H and O–H groups in total. The van der Waals surface area contributed by atoms with Gasteiger partial charge in [-0.2, -0.15) is 4.98 Å². The van der Waals surface area contributed by atoms with Gasteiger partial charge in [-0.15, -0.1) is 0 Å². The summed E-state index contributed by atoms with van der Waals surface area (Å²) >= 11 is 0. The topological polar surface area (TPSA) is 157 Å². The van der Waals surface area contributed by atoms with Crippen LogP contribution in [0.2, 0.25) is 0 Å². The predicted molar refractivity (Wildman–Crippen MR) is 134 cm³/mol. The summed E-state index contributed by atoms with van der Waals surface area (Å²) in [6, 6.07) is 6.52. The van der Waals surface area contributed by atoms with Crippen molar-refractivity contribution in [3.05, 3.63) is 30.3 Å². The number of hydrogen-bond donors (Lipinski definition) is 3. The van der Waals surface area contributed by atoms with E-state index in [4.69, 9.17) is 10.5 Å². The summed E-state index contributed by atoms with van der Waals surface area (Å²) in [7, 11) is -0.670. The Bertz CT molecular complexity index is 1180. The van der Waals surface area contributed by atoms with Crippen molar-refractivity contribution >= 4 is 33.8 Å². The van der Waals surface area contributed by atoms with Crippen molar-refractivity contribution in [2.45, 2.75) is 57.6 Å². The van der Waals surface area contributed by atoms with Crippen LogP contribution in [0.3, 0.4) is 0 Å². The molecule has 0 bridgehead atoms. The highest BCUT2D eigenvalue weighted by molar-refractivity contribution is 7.90. The minimum absolute atomic E-state index is 0.000773. The molecule has 0 aliphatic heterocycles. The first-order chi connectivity index (χ1) is 16.1. The number of amides is 2. The van der Waals surface area contributed by atoms with Crippen LogP contribution in [0, 0.1) is 5.92 Å². The smallest absolute Gasteiger partial charge is 0.408 e. The molecule has 0 aliphatic carbocycles. The van der Waals surface area contributed by atoms with E-state index in [2.05, 4.69) is 20.0 Å². The van der Waals surface area contributed by atoms with Gasteiger partial charge in [0.05, 0.1) is 10.6 Å². The standard InChI is InChI=1S/C23H34N6O5S/c1-14(2)11-18(26-22(31)34-23(3,4)5)20(30)28-35(32,33)16-10-8-9-15(12-16)17-13-19(29(6)7)27-21(24)25-17/h8-10,12-14,18H,11H2,1-7H3,(H,26,31)(H,28,30)(H2,24,25,27)/t18-/m0/s1. The van der Waals surface area contributed by atoms with Crippen molar-refractivity contribution in [1.82, 2.24) is 20.0 Å². The number of benzene rings is 1. The number of hydrogen-bond acceptors (Lipinski definition) is 9. The number of ether oxygens (including phenoxy) is 1. The van der Waals surface area contributed by atoms with Gasteiger partial charge < -0.3 is 20.7 Å². The quantitative estimate of drug-likeness (QED) is 0.489. The molecule has 0 spiro atoms. The summed E-state index contributed by atoms with van der Waals surface area (Å²) in [5.74, 6) is -0.270. The number of aromatic nitrogens is 2. The van der Waals surface area contributed by atoms with Crippen molar-refractivity contribution in [2.75, 3.05) is 24.7 Å². The third-order valence-corrected chi connectivity index (χ3v) is 5.92. The molecular weight excluding hydrogens is 472 g/mol. The molecule has 2 aromatic rings. The van der Waals surface area contributed by atoms with Gasteiger partial charge in [-0.1, -0.05) is 26.0 Å². The average Bonchev–Trinajstić information content (AvgIpc) is 2.71. The van der Waals surface area contributed by atoms with Gasteiger partial charge in [0.25, 0.3) is 15.9 Å². The molecule has 1 heterocycles. The number of carbonyl (C=O) groups is 2. The van der Waals surface area contributed by atoms with E-state index < -0.39 is 33.7 Å².